The van der Waals surface area contributed by atoms with Crippen LogP contribution < -0.4 is 5.32 Å². The lowest BCUT2D eigenvalue weighted by Crippen LogP contribution is -2.41. The van der Waals surface area contributed by atoms with Crippen LogP contribution in [0, 0.1) is 11.8 Å². The number of benzene rings is 1. The summed E-state index contributed by atoms with van der Waals surface area (Å²) in [5.74, 6) is 0.541. The van der Waals surface area contributed by atoms with Gasteiger partial charge in [0, 0.05) is 11.7 Å². The van der Waals surface area contributed by atoms with Crippen LogP contribution in [-0.2, 0) is 16.0 Å². The number of carbonyl (C=O) groups excluding carboxylic acids is 1. The molecule has 3 nitrogen and oxygen atoms in total. The van der Waals surface area contributed by atoms with E-state index in [1.165, 1.54) is 31.2 Å². The minimum Gasteiger partial charge on any atom is -0.469 e. The van der Waals surface area contributed by atoms with Gasteiger partial charge in [0.2, 0.25) is 0 Å². The number of rotatable bonds is 2. The average Bonchev–Trinajstić information content (AvgIpc) is 3.20. The zero-order chi connectivity index (χ0) is 11.8. The monoisotopic (exact) mass is 231 g/mol. The predicted molar refractivity (Wildman–Crippen MR) is 65.8 cm³/mol. The Morgan fingerprint density at radius 3 is 2.82 bits per heavy atom. The smallest absolute Gasteiger partial charge is 0.311 e. The van der Waals surface area contributed by atoms with E-state index in [0.717, 1.165) is 6.42 Å². The molecule has 0 aromatic heterocycles. The highest BCUT2D eigenvalue weighted by Crippen LogP contribution is 2.42. The summed E-state index contributed by atoms with van der Waals surface area (Å²) in [4.78, 5) is 11.9. The lowest BCUT2D eigenvalue weighted by molar-refractivity contribution is -0.146. The first-order valence-corrected chi connectivity index (χ1v) is 6.22. The molecule has 0 bridgehead atoms. The second kappa shape index (κ2) is 4.06. The van der Waals surface area contributed by atoms with Crippen molar-refractivity contribution in [2.45, 2.75) is 25.3 Å². The largest absolute Gasteiger partial charge is 0.469 e. The zero-order valence-electron chi connectivity index (χ0n) is 9.98. The van der Waals surface area contributed by atoms with Crippen LogP contribution >= 0.6 is 0 Å². The molecule has 2 aliphatic rings. The van der Waals surface area contributed by atoms with E-state index >= 15 is 0 Å². The second-order valence-electron chi connectivity index (χ2n) is 5.00. The fraction of sp³-hybridized carbons (Fsp3) is 0.500. The molecule has 0 unspecified atom stereocenters. The van der Waals surface area contributed by atoms with Crippen molar-refractivity contribution in [2.24, 2.45) is 11.8 Å². The summed E-state index contributed by atoms with van der Waals surface area (Å²) in [6.07, 6.45) is 3.26. The van der Waals surface area contributed by atoms with Gasteiger partial charge in [0.05, 0.1) is 13.0 Å². The Morgan fingerprint density at radius 1 is 1.35 bits per heavy atom. The lowest BCUT2D eigenvalue weighted by Gasteiger charge is -2.33. The number of fused-ring (bicyclic) bond motifs is 1. The fourth-order valence-electron chi connectivity index (χ4n) is 2.77. The third kappa shape index (κ3) is 1.90. The highest BCUT2D eigenvalue weighted by Gasteiger charge is 2.42. The first kappa shape index (κ1) is 10.6. The van der Waals surface area contributed by atoms with Gasteiger partial charge in [-0.25, -0.2) is 0 Å². The number of esters is 1. The molecule has 3 heteroatoms. The molecule has 1 aliphatic carbocycles. The van der Waals surface area contributed by atoms with Crippen LogP contribution in [-0.4, -0.2) is 19.1 Å². The van der Waals surface area contributed by atoms with Crippen molar-refractivity contribution in [3.8, 4) is 0 Å². The molecule has 1 aromatic rings. The Labute approximate surface area is 101 Å². The van der Waals surface area contributed by atoms with E-state index < -0.39 is 0 Å². The van der Waals surface area contributed by atoms with Gasteiger partial charge < -0.3 is 10.1 Å². The maximum absolute atomic E-state index is 11.9. The molecule has 90 valence electrons. The van der Waals surface area contributed by atoms with Crippen molar-refractivity contribution in [3.05, 3.63) is 29.8 Å². The normalized spacial score (nSPS) is 26.9. The van der Waals surface area contributed by atoms with Gasteiger partial charge in [-0.2, -0.15) is 0 Å². The molecule has 1 heterocycles. The quantitative estimate of drug-likeness (QED) is 0.793. The summed E-state index contributed by atoms with van der Waals surface area (Å²) in [6, 6.07) is 8.50. The van der Waals surface area contributed by atoms with Gasteiger partial charge in [0.15, 0.2) is 0 Å². The third-order valence-corrected chi connectivity index (χ3v) is 3.85. The molecule has 0 radical (unpaired) electrons. The maximum Gasteiger partial charge on any atom is 0.311 e. The number of para-hydroxylation sites is 1. The summed E-state index contributed by atoms with van der Waals surface area (Å²) in [6.45, 7) is 0. The molecule has 0 spiro atoms. The standard InChI is InChI=1S/C14H17NO2/c1-17-14(16)11-8-10-4-2-3-5-12(10)15-13(11)9-6-7-9/h2-5,9,11,13,15H,6-8H2,1H3/t11-,13+/m1/s1. The molecular weight excluding hydrogens is 214 g/mol. The number of anilines is 1. The summed E-state index contributed by atoms with van der Waals surface area (Å²) in [5.41, 5.74) is 2.41. The van der Waals surface area contributed by atoms with E-state index in [4.69, 9.17) is 4.74 Å². The summed E-state index contributed by atoms with van der Waals surface area (Å²) >= 11 is 0. The van der Waals surface area contributed by atoms with Crippen molar-refractivity contribution in [2.75, 3.05) is 12.4 Å². The topological polar surface area (TPSA) is 38.3 Å². The van der Waals surface area contributed by atoms with Crippen LogP contribution in [0.5, 0.6) is 0 Å². The molecule has 3 rings (SSSR count). The predicted octanol–water partition coefficient (Wildman–Crippen LogP) is 2.22. The van der Waals surface area contributed by atoms with Crippen molar-refractivity contribution in [3.63, 3.8) is 0 Å². The van der Waals surface area contributed by atoms with Crippen molar-refractivity contribution in [1.29, 1.82) is 0 Å². The Kier molecular flexibility index (Phi) is 2.54. The van der Waals surface area contributed by atoms with Crippen LogP contribution in [0.4, 0.5) is 5.69 Å². The van der Waals surface area contributed by atoms with Gasteiger partial charge in [0.1, 0.15) is 0 Å². The number of hydrogen-bond acceptors (Lipinski definition) is 3. The van der Waals surface area contributed by atoms with E-state index in [1.54, 1.807) is 0 Å². The summed E-state index contributed by atoms with van der Waals surface area (Å²) < 4.78 is 4.93. The van der Waals surface area contributed by atoms with E-state index in [2.05, 4.69) is 17.4 Å². The SMILES string of the molecule is COC(=O)[C@@H]1Cc2ccccc2N[C@H]1C1CC1. The summed E-state index contributed by atoms with van der Waals surface area (Å²) in [7, 11) is 1.48. The maximum atomic E-state index is 11.9. The lowest BCUT2D eigenvalue weighted by atomic mass is 9.85. The molecular formula is C14H17NO2. The molecule has 1 aromatic carbocycles. The van der Waals surface area contributed by atoms with Gasteiger partial charge in [-0.05, 0) is 36.8 Å². The van der Waals surface area contributed by atoms with E-state index in [1.807, 2.05) is 12.1 Å². The van der Waals surface area contributed by atoms with Crippen molar-refractivity contribution in [1.82, 2.24) is 0 Å². The highest BCUT2D eigenvalue weighted by molar-refractivity contribution is 5.76. The van der Waals surface area contributed by atoms with Gasteiger partial charge in [0.25, 0.3) is 0 Å². The zero-order valence-corrected chi connectivity index (χ0v) is 9.98. The molecule has 1 N–H and O–H groups in total. The first-order valence-electron chi connectivity index (χ1n) is 6.22. The van der Waals surface area contributed by atoms with Crippen LogP contribution in [0.3, 0.4) is 0 Å². The van der Waals surface area contributed by atoms with Crippen molar-refractivity contribution < 1.29 is 9.53 Å². The van der Waals surface area contributed by atoms with Crippen LogP contribution in [0.15, 0.2) is 24.3 Å². The Morgan fingerprint density at radius 2 is 2.12 bits per heavy atom. The summed E-state index contributed by atoms with van der Waals surface area (Å²) in [5, 5.41) is 3.52. The molecule has 0 amide bonds. The minimum absolute atomic E-state index is 0.0256. The fourth-order valence-corrected chi connectivity index (χ4v) is 2.77. The van der Waals surface area contributed by atoms with E-state index in [9.17, 15) is 4.79 Å². The van der Waals surface area contributed by atoms with Crippen LogP contribution in [0.2, 0.25) is 0 Å². The first-order chi connectivity index (χ1) is 8.29. The van der Waals surface area contributed by atoms with Crippen LogP contribution in [0.1, 0.15) is 18.4 Å². The number of nitrogens with one attached hydrogen (secondary N) is 1. The third-order valence-electron chi connectivity index (χ3n) is 3.85. The number of carbonyl (C=O) groups is 1. The van der Waals surface area contributed by atoms with Gasteiger partial charge in [-0.1, -0.05) is 18.2 Å². The Balaban J connectivity index is 1.90. The van der Waals surface area contributed by atoms with Gasteiger partial charge in [-0.15, -0.1) is 0 Å². The molecule has 1 aliphatic heterocycles. The number of methoxy groups -OCH3 is 1. The molecule has 2 atom stereocenters. The minimum atomic E-state index is -0.0797. The Hall–Kier alpha value is -1.51. The molecule has 1 fully saturated rings. The molecule has 1 saturated carbocycles. The van der Waals surface area contributed by atoms with Gasteiger partial charge in [-0.3, -0.25) is 4.79 Å². The second-order valence-corrected chi connectivity index (χ2v) is 5.00. The van der Waals surface area contributed by atoms with E-state index in [-0.39, 0.29) is 17.9 Å². The Bertz CT molecular complexity index is 440. The highest BCUT2D eigenvalue weighted by atomic mass is 16.5. The average molecular weight is 231 g/mol. The van der Waals surface area contributed by atoms with Gasteiger partial charge >= 0.3 is 5.97 Å². The molecule has 0 saturated heterocycles. The number of ether oxygens (including phenoxy) is 1. The van der Waals surface area contributed by atoms with Crippen molar-refractivity contribution >= 4 is 11.7 Å². The van der Waals surface area contributed by atoms with E-state index in [0.29, 0.717) is 5.92 Å². The molecule has 17 heavy (non-hydrogen) atoms. The number of hydrogen-bond donors (Lipinski definition) is 1. The van der Waals surface area contributed by atoms with Crippen LogP contribution in [0.25, 0.3) is 0 Å².